The van der Waals surface area contributed by atoms with Gasteiger partial charge in [-0.15, -0.1) is 0 Å². The first-order valence-corrected chi connectivity index (χ1v) is 11.3. The van der Waals surface area contributed by atoms with Gasteiger partial charge in [-0.3, -0.25) is 0 Å². The normalized spacial score (nSPS) is 29.3. The van der Waals surface area contributed by atoms with Crippen molar-refractivity contribution in [1.82, 2.24) is 0 Å². The minimum Gasteiger partial charge on any atom is -0.203 e. The van der Waals surface area contributed by atoms with Gasteiger partial charge in [0.25, 0.3) is 0 Å². The maximum atomic E-state index is 14.2. The first-order valence-electron chi connectivity index (χ1n) is 10.8. The van der Waals surface area contributed by atoms with E-state index in [2.05, 4.69) is 6.08 Å². The predicted molar refractivity (Wildman–Crippen MR) is 110 cm³/mol. The van der Waals surface area contributed by atoms with Crippen molar-refractivity contribution in [3.63, 3.8) is 0 Å². The lowest BCUT2D eigenvalue weighted by molar-refractivity contribution is 0.152. The van der Waals surface area contributed by atoms with E-state index < -0.39 is 11.6 Å². The Hall–Kier alpha value is -0.890. The van der Waals surface area contributed by atoms with E-state index in [0.29, 0.717) is 35.8 Å². The van der Waals surface area contributed by atoms with Crippen LogP contribution in [0, 0.1) is 35.3 Å². The Kier molecular flexibility index (Phi) is 7.75. The quantitative estimate of drug-likeness (QED) is 0.461. The summed E-state index contributed by atoms with van der Waals surface area (Å²) in [5.41, 5.74) is 2.71. The summed E-state index contributed by atoms with van der Waals surface area (Å²) in [6, 6.07) is 3.54. The molecule has 3 rings (SSSR count). The summed E-state index contributed by atoms with van der Waals surface area (Å²) in [6.07, 6.45) is 14.7. The van der Waals surface area contributed by atoms with Gasteiger partial charge in [0, 0.05) is 5.54 Å². The van der Waals surface area contributed by atoms with Gasteiger partial charge in [-0.2, -0.15) is 0 Å². The monoisotopic (exact) mass is 394 g/mol. The molecule has 0 N–H and O–H groups in total. The SMILES string of the molecule is CCc1ccc(CCC2CCC(C3CCC(C=CCl)CC3)CC2)c(F)c1F. The molecule has 1 aromatic rings. The van der Waals surface area contributed by atoms with Gasteiger partial charge in [-0.05, 0) is 92.6 Å². The maximum absolute atomic E-state index is 14.2. The third-order valence-corrected chi connectivity index (χ3v) is 7.31. The van der Waals surface area contributed by atoms with E-state index in [1.807, 2.05) is 6.92 Å². The van der Waals surface area contributed by atoms with Crippen LogP contribution in [0.2, 0.25) is 0 Å². The highest BCUT2D eigenvalue weighted by Gasteiger charge is 2.30. The lowest BCUT2D eigenvalue weighted by Gasteiger charge is -2.37. The van der Waals surface area contributed by atoms with E-state index in [4.69, 9.17) is 11.6 Å². The summed E-state index contributed by atoms with van der Waals surface area (Å²) < 4.78 is 28.2. The van der Waals surface area contributed by atoms with Crippen LogP contribution in [-0.2, 0) is 12.8 Å². The molecule has 2 aliphatic rings. The zero-order valence-electron chi connectivity index (χ0n) is 16.5. The van der Waals surface area contributed by atoms with Crippen LogP contribution in [-0.4, -0.2) is 0 Å². The molecule has 0 heterocycles. The first kappa shape index (κ1) is 20.8. The zero-order chi connectivity index (χ0) is 19.2. The number of hydrogen-bond acceptors (Lipinski definition) is 0. The van der Waals surface area contributed by atoms with Crippen LogP contribution in [0.25, 0.3) is 0 Å². The smallest absolute Gasteiger partial charge is 0.162 e. The van der Waals surface area contributed by atoms with E-state index in [1.54, 1.807) is 17.7 Å². The molecule has 150 valence electrons. The molecule has 0 spiro atoms. The van der Waals surface area contributed by atoms with Crippen LogP contribution in [0.15, 0.2) is 23.7 Å². The highest BCUT2D eigenvalue weighted by atomic mass is 35.5. The summed E-state index contributed by atoms with van der Waals surface area (Å²) >= 11 is 5.72. The van der Waals surface area contributed by atoms with Gasteiger partial charge < -0.3 is 0 Å². The lowest BCUT2D eigenvalue weighted by Crippen LogP contribution is -2.25. The topological polar surface area (TPSA) is 0 Å². The van der Waals surface area contributed by atoms with Gasteiger partial charge in [0.15, 0.2) is 11.6 Å². The summed E-state index contributed by atoms with van der Waals surface area (Å²) in [4.78, 5) is 0. The number of allylic oxidation sites excluding steroid dienone is 1. The highest BCUT2D eigenvalue weighted by Crippen LogP contribution is 2.42. The molecule has 3 heteroatoms. The second kappa shape index (κ2) is 10.0. The summed E-state index contributed by atoms with van der Waals surface area (Å²) in [6.45, 7) is 1.86. The molecule has 0 aliphatic heterocycles. The highest BCUT2D eigenvalue weighted by molar-refractivity contribution is 6.25. The van der Waals surface area contributed by atoms with E-state index in [9.17, 15) is 8.78 Å². The fraction of sp³-hybridized carbons (Fsp3) is 0.667. The Bertz CT molecular complexity index is 624. The summed E-state index contributed by atoms with van der Waals surface area (Å²) in [5.74, 6) is 1.86. The molecule has 0 nitrogen and oxygen atoms in total. The van der Waals surface area contributed by atoms with Gasteiger partial charge >= 0.3 is 0 Å². The van der Waals surface area contributed by atoms with Gasteiger partial charge in [0.05, 0.1) is 0 Å². The van der Waals surface area contributed by atoms with E-state index in [0.717, 1.165) is 18.3 Å². The van der Waals surface area contributed by atoms with Crippen LogP contribution in [0.5, 0.6) is 0 Å². The zero-order valence-corrected chi connectivity index (χ0v) is 17.3. The molecule has 1 aromatic carbocycles. The van der Waals surface area contributed by atoms with Crippen molar-refractivity contribution in [3.8, 4) is 0 Å². The molecule has 0 amide bonds. The molecular weight excluding hydrogens is 362 g/mol. The van der Waals surface area contributed by atoms with Crippen molar-refractivity contribution < 1.29 is 8.78 Å². The van der Waals surface area contributed by atoms with Crippen LogP contribution in [0.1, 0.15) is 75.8 Å². The molecule has 0 atom stereocenters. The third kappa shape index (κ3) is 5.34. The average molecular weight is 395 g/mol. The number of rotatable bonds is 6. The second-order valence-electron chi connectivity index (χ2n) is 8.68. The predicted octanol–water partition coefficient (Wildman–Crippen LogP) is 7.83. The largest absolute Gasteiger partial charge is 0.203 e. The molecule has 0 saturated heterocycles. The molecule has 0 unspecified atom stereocenters. The van der Waals surface area contributed by atoms with Crippen molar-refractivity contribution in [1.29, 1.82) is 0 Å². The van der Waals surface area contributed by atoms with Crippen molar-refractivity contribution in [3.05, 3.63) is 46.5 Å². The molecule has 0 radical (unpaired) electrons. The minimum absolute atomic E-state index is 0.480. The standard InChI is InChI=1S/C24H33ClF2/c1-2-19-13-14-22(24(27)23(19)26)12-7-17-3-8-20(9-4-17)21-10-5-18(6-11-21)15-16-25/h13-18,20-21H,2-12H2,1H3. The molecule has 2 fully saturated rings. The van der Waals surface area contributed by atoms with E-state index >= 15 is 0 Å². The van der Waals surface area contributed by atoms with E-state index in [-0.39, 0.29) is 0 Å². The van der Waals surface area contributed by atoms with Gasteiger partial charge in [-0.25, -0.2) is 8.78 Å². The number of benzene rings is 1. The van der Waals surface area contributed by atoms with Crippen LogP contribution in [0.3, 0.4) is 0 Å². The Morgan fingerprint density at radius 2 is 1.44 bits per heavy atom. The summed E-state index contributed by atoms with van der Waals surface area (Å²) in [7, 11) is 0. The molecule has 27 heavy (non-hydrogen) atoms. The second-order valence-corrected chi connectivity index (χ2v) is 8.93. The molecule has 2 saturated carbocycles. The fourth-order valence-corrected chi connectivity index (χ4v) is 5.52. The Morgan fingerprint density at radius 3 is 2.04 bits per heavy atom. The van der Waals surface area contributed by atoms with Crippen molar-refractivity contribution in [2.45, 2.75) is 77.6 Å². The number of hydrogen-bond donors (Lipinski definition) is 0. The average Bonchev–Trinajstić information content (AvgIpc) is 2.70. The minimum atomic E-state index is -0.640. The number of aryl methyl sites for hydroxylation is 2. The molecule has 0 aromatic heterocycles. The number of halogens is 3. The fourth-order valence-electron chi connectivity index (χ4n) is 5.32. The van der Waals surface area contributed by atoms with Gasteiger partial charge in [-0.1, -0.05) is 49.6 Å². The summed E-state index contributed by atoms with van der Waals surface area (Å²) in [5, 5.41) is 0. The van der Waals surface area contributed by atoms with Gasteiger partial charge in [0.1, 0.15) is 0 Å². The first-order chi connectivity index (χ1) is 13.1. The van der Waals surface area contributed by atoms with Crippen LogP contribution < -0.4 is 0 Å². The maximum Gasteiger partial charge on any atom is 0.162 e. The molecular formula is C24H33ClF2. The molecule has 2 aliphatic carbocycles. The lowest BCUT2D eigenvalue weighted by atomic mass is 9.68. The molecule has 0 bridgehead atoms. The Balaban J connectivity index is 1.43. The third-order valence-electron chi connectivity index (χ3n) is 7.16. The van der Waals surface area contributed by atoms with Crippen molar-refractivity contribution in [2.75, 3.05) is 0 Å². The van der Waals surface area contributed by atoms with Crippen LogP contribution in [0.4, 0.5) is 8.78 Å². The van der Waals surface area contributed by atoms with Crippen molar-refractivity contribution in [2.24, 2.45) is 23.7 Å². The Labute approximate surface area is 168 Å². The van der Waals surface area contributed by atoms with Crippen LogP contribution >= 0.6 is 11.6 Å². The van der Waals surface area contributed by atoms with E-state index in [1.165, 1.54) is 51.4 Å². The Morgan fingerprint density at radius 1 is 0.889 bits per heavy atom. The van der Waals surface area contributed by atoms with Gasteiger partial charge in [0.2, 0.25) is 0 Å². The van der Waals surface area contributed by atoms with Crippen molar-refractivity contribution >= 4 is 11.6 Å².